The van der Waals surface area contributed by atoms with Gasteiger partial charge in [-0.15, -0.1) is 0 Å². The highest BCUT2D eigenvalue weighted by Crippen LogP contribution is 2.44. The number of halogens is 4. The van der Waals surface area contributed by atoms with Crippen molar-refractivity contribution in [2.45, 2.75) is 59.2 Å². The van der Waals surface area contributed by atoms with Crippen molar-refractivity contribution in [1.29, 1.82) is 0 Å². The molecule has 0 radical (unpaired) electrons. The van der Waals surface area contributed by atoms with Crippen LogP contribution in [0.15, 0.2) is 16.7 Å². The quantitative estimate of drug-likeness (QED) is 0.406. The maximum absolute atomic E-state index is 14.1. The first-order chi connectivity index (χ1) is 17.0. The van der Waals surface area contributed by atoms with Gasteiger partial charge in [0.2, 0.25) is 0 Å². The molecular formula is C24H28F4N6O2. The van der Waals surface area contributed by atoms with E-state index in [0.29, 0.717) is 47.9 Å². The lowest BCUT2D eigenvalue weighted by molar-refractivity contribution is -0.140. The fourth-order valence-corrected chi connectivity index (χ4v) is 5.40. The first kappa shape index (κ1) is 24.5. The predicted octanol–water partition coefficient (Wildman–Crippen LogP) is 5.51. The van der Waals surface area contributed by atoms with Crippen molar-refractivity contribution in [3.05, 3.63) is 40.7 Å². The number of benzene rings is 1. The number of nitrogens with zero attached hydrogens (tertiary/aromatic N) is 6. The van der Waals surface area contributed by atoms with E-state index in [-0.39, 0.29) is 23.4 Å². The molecule has 1 saturated carbocycles. The van der Waals surface area contributed by atoms with Gasteiger partial charge in [0.05, 0.1) is 11.6 Å². The largest absolute Gasteiger partial charge is 0.424 e. The van der Waals surface area contributed by atoms with Crippen LogP contribution in [0, 0.1) is 37.4 Å². The molecule has 5 rings (SSSR count). The number of aromatic nitrogens is 5. The second kappa shape index (κ2) is 9.04. The fraction of sp³-hybridized carbons (Fsp3) is 0.583. The van der Waals surface area contributed by atoms with Gasteiger partial charge in [-0.2, -0.15) is 28.2 Å². The minimum absolute atomic E-state index is 0.0882. The highest BCUT2D eigenvalue weighted by atomic mass is 19.4. The van der Waals surface area contributed by atoms with Crippen molar-refractivity contribution in [3.63, 3.8) is 0 Å². The second-order valence-electron chi connectivity index (χ2n) is 10.0. The van der Waals surface area contributed by atoms with Crippen molar-refractivity contribution in [2.24, 2.45) is 17.8 Å². The summed E-state index contributed by atoms with van der Waals surface area (Å²) in [6, 6.07) is 2.40. The molecule has 2 aliphatic rings. The molecule has 2 aromatic heterocycles. The Labute approximate surface area is 205 Å². The third kappa shape index (κ3) is 4.64. The molecule has 36 heavy (non-hydrogen) atoms. The van der Waals surface area contributed by atoms with E-state index in [0.717, 1.165) is 25.9 Å². The van der Waals surface area contributed by atoms with Crippen molar-refractivity contribution in [2.75, 3.05) is 18.0 Å². The Hall–Kier alpha value is -3.18. The zero-order valence-electron chi connectivity index (χ0n) is 20.5. The molecule has 3 heterocycles. The van der Waals surface area contributed by atoms with Crippen LogP contribution in [0.25, 0.3) is 0 Å². The molecule has 2 fully saturated rings. The monoisotopic (exact) mass is 508 g/mol. The maximum atomic E-state index is 14.1. The number of hydrogen-bond donors (Lipinski definition) is 0. The van der Waals surface area contributed by atoms with E-state index < -0.39 is 17.6 Å². The third-order valence-corrected chi connectivity index (χ3v) is 7.11. The molecule has 1 aromatic carbocycles. The van der Waals surface area contributed by atoms with E-state index in [1.807, 2.05) is 13.8 Å². The number of fused-ring (bicyclic) bond motifs is 2. The highest BCUT2D eigenvalue weighted by Gasteiger charge is 2.43. The number of alkyl halides is 3. The van der Waals surface area contributed by atoms with Crippen molar-refractivity contribution >= 4 is 6.01 Å². The van der Waals surface area contributed by atoms with Crippen LogP contribution in [-0.2, 0) is 12.6 Å². The molecule has 12 heteroatoms. The topological polar surface area (TPSA) is 82.1 Å². The number of anilines is 1. The summed E-state index contributed by atoms with van der Waals surface area (Å²) in [7, 11) is 0. The summed E-state index contributed by atoms with van der Waals surface area (Å²) < 4.78 is 66.6. The average molecular weight is 509 g/mol. The first-order valence-electron chi connectivity index (χ1n) is 12.1. The van der Waals surface area contributed by atoms with Gasteiger partial charge in [0.25, 0.3) is 0 Å². The Bertz CT molecular complexity index is 1240. The number of ether oxygens (including phenoxy) is 1. The highest BCUT2D eigenvalue weighted by molar-refractivity contribution is 5.38. The Kier molecular flexibility index (Phi) is 6.16. The molecule has 194 valence electrons. The van der Waals surface area contributed by atoms with Crippen LogP contribution in [-0.4, -0.2) is 38.0 Å². The van der Waals surface area contributed by atoms with Gasteiger partial charge in [-0.25, -0.2) is 9.07 Å². The van der Waals surface area contributed by atoms with Crippen LogP contribution in [0.1, 0.15) is 55.5 Å². The van der Waals surface area contributed by atoms with Crippen molar-refractivity contribution in [1.82, 2.24) is 24.9 Å². The van der Waals surface area contributed by atoms with E-state index in [4.69, 9.17) is 9.26 Å². The molecule has 8 nitrogen and oxygen atoms in total. The van der Waals surface area contributed by atoms with Crippen LogP contribution in [0.2, 0.25) is 0 Å². The molecule has 0 amide bonds. The molecule has 1 aliphatic heterocycles. The Morgan fingerprint density at radius 1 is 1.11 bits per heavy atom. The molecule has 0 spiro atoms. The van der Waals surface area contributed by atoms with E-state index in [1.165, 1.54) is 13.0 Å². The average Bonchev–Trinajstić information content (AvgIpc) is 3.46. The lowest BCUT2D eigenvalue weighted by Crippen LogP contribution is -2.43. The Balaban J connectivity index is 1.36. The summed E-state index contributed by atoms with van der Waals surface area (Å²) >= 11 is 0. The maximum Gasteiger partial charge on any atom is 0.419 e. The van der Waals surface area contributed by atoms with Crippen molar-refractivity contribution < 1.29 is 26.8 Å². The number of piperidine rings is 1. The van der Waals surface area contributed by atoms with E-state index in [1.54, 1.807) is 11.6 Å². The first-order valence-corrected chi connectivity index (χ1v) is 12.1. The molecule has 0 N–H and O–H groups in total. The van der Waals surface area contributed by atoms with Crippen LogP contribution in [0.3, 0.4) is 0 Å². The minimum atomic E-state index is -4.83. The smallest absolute Gasteiger partial charge is 0.419 e. The van der Waals surface area contributed by atoms with E-state index >= 15 is 0 Å². The van der Waals surface area contributed by atoms with Gasteiger partial charge in [-0.3, -0.25) is 0 Å². The summed E-state index contributed by atoms with van der Waals surface area (Å²) in [5.74, 6) is 0.947. The van der Waals surface area contributed by atoms with Crippen LogP contribution in [0.4, 0.5) is 23.6 Å². The Morgan fingerprint density at radius 2 is 1.81 bits per heavy atom. The molecule has 3 atom stereocenters. The van der Waals surface area contributed by atoms with Gasteiger partial charge in [-0.05, 0) is 76.0 Å². The Morgan fingerprint density at radius 3 is 2.39 bits per heavy atom. The number of aryl methyl sites for hydroxylation is 2. The molecular weight excluding hydrogens is 480 g/mol. The summed E-state index contributed by atoms with van der Waals surface area (Å²) in [4.78, 5) is 11.0. The second-order valence-corrected chi connectivity index (χ2v) is 10.0. The summed E-state index contributed by atoms with van der Waals surface area (Å²) in [5.41, 5.74) is -1.52. The van der Waals surface area contributed by atoms with Gasteiger partial charge in [0, 0.05) is 19.5 Å². The molecule has 2 bridgehead atoms. The zero-order chi connectivity index (χ0) is 25.8. The number of rotatable bonds is 6. The normalized spacial score (nSPS) is 22.0. The summed E-state index contributed by atoms with van der Waals surface area (Å²) in [6.45, 7) is 8.46. The standard InChI is InChI=1S/C24H28F4N6O2/c1-12(2)34-23(35-17-7-13(3)21(25)19(8-17)24(26,27)28)30-20(31-34)9-18-15-5-6-16(18)11-33(10-15)22-29-14(4)32-36-22/h7-8,12,15-16,18H,5-6,9-11H2,1-4H3/t15-,16+,18?. The van der Waals surface area contributed by atoms with Crippen LogP contribution >= 0.6 is 0 Å². The van der Waals surface area contributed by atoms with Gasteiger partial charge < -0.3 is 14.2 Å². The van der Waals surface area contributed by atoms with Gasteiger partial charge in [0.15, 0.2) is 11.6 Å². The third-order valence-electron chi connectivity index (χ3n) is 7.11. The fourth-order valence-electron chi connectivity index (χ4n) is 5.40. The van der Waals surface area contributed by atoms with Crippen LogP contribution in [0.5, 0.6) is 11.8 Å². The molecule has 1 aliphatic carbocycles. The number of hydrogen-bond acceptors (Lipinski definition) is 7. The lowest BCUT2D eigenvalue weighted by Gasteiger charge is -2.36. The van der Waals surface area contributed by atoms with E-state index in [9.17, 15) is 17.6 Å². The molecule has 1 unspecified atom stereocenters. The molecule has 1 saturated heterocycles. The lowest BCUT2D eigenvalue weighted by atomic mass is 9.82. The van der Waals surface area contributed by atoms with Crippen molar-refractivity contribution in [3.8, 4) is 11.8 Å². The van der Waals surface area contributed by atoms with Gasteiger partial charge in [-0.1, -0.05) is 5.16 Å². The summed E-state index contributed by atoms with van der Waals surface area (Å²) in [5, 5.41) is 8.51. The SMILES string of the molecule is Cc1noc(N2C[C@H]3CC[C@@H](C2)C3Cc2nc(Oc3cc(C)c(F)c(C(F)(F)F)c3)n(C(C)C)n2)n1. The zero-order valence-corrected chi connectivity index (χ0v) is 20.5. The minimum Gasteiger partial charge on any atom is -0.424 e. The van der Waals surface area contributed by atoms with Gasteiger partial charge >= 0.3 is 18.2 Å². The van der Waals surface area contributed by atoms with Crippen LogP contribution < -0.4 is 9.64 Å². The van der Waals surface area contributed by atoms with Gasteiger partial charge in [0.1, 0.15) is 11.6 Å². The predicted molar refractivity (Wildman–Crippen MR) is 121 cm³/mol. The van der Waals surface area contributed by atoms with E-state index in [2.05, 4.69) is 25.1 Å². The summed E-state index contributed by atoms with van der Waals surface area (Å²) in [6.07, 6.45) is -2.03. The molecule has 3 aromatic rings.